The van der Waals surface area contributed by atoms with E-state index in [9.17, 15) is 57.8 Å². The number of likely N-dealkylation sites (N-methyl/N-ethyl adjacent to an activating group) is 1. The lowest BCUT2D eigenvalue weighted by Gasteiger charge is -2.39. The molecule has 2 aliphatic rings. The zero-order valence-electron chi connectivity index (χ0n) is 55.5. The molecule has 4 rings (SSSR count). The number of unbranched alkanes of at least 4 members (excludes halogenated alkanes) is 3. The minimum Gasteiger partial charge on any atom is -0.481 e. The van der Waals surface area contributed by atoms with E-state index in [2.05, 4.69) is 15.6 Å². The highest BCUT2D eigenvalue weighted by Crippen LogP contribution is 2.34. The van der Waals surface area contributed by atoms with Gasteiger partial charge in [-0.05, 0) is 99.8 Å². The van der Waals surface area contributed by atoms with Gasteiger partial charge in [0.1, 0.15) is 16.5 Å². The Morgan fingerprint density at radius 1 is 0.802 bits per heavy atom. The van der Waals surface area contributed by atoms with Crippen molar-refractivity contribution in [1.29, 1.82) is 0 Å². The van der Waals surface area contributed by atoms with Crippen LogP contribution in [0.15, 0.2) is 41.8 Å². The van der Waals surface area contributed by atoms with Gasteiger partial charge in [0, 0.05) is 99.9 Å². The van der Waals surface area contributed by atoms with Crippen molar-refractivity contribution in [3.8, 4) is 0 Å². The molecule has 2 aromatic rings. The van der Waals surface area contributed by atoms with Crippen molar-refractivity contribution in [3.05, 3.63) is 63.6 Å². The minimum absolute atomic E-state index is 0.0000194. The number of carbonyl (C=O) groups excluding carboxylic acids is 11. The first kappa shape index (κ1) is 76.4. The first-order valence-corrected chi connectivity index (χ1v) is 33.5. The number of nitrogens with two attached hydrogens (primary N) is 1. The number of carbonyl (C=O) groups is 12. The van der Waals surface area contributed by atoms with Crippen LogP contribution >= 0.6 is 11.3 Å². The number of Topliss-reactive ketones (excluding diaryl/α,β-unsaturated/α-hetero) is 3. The molecule has 1 unspecified atom stereocenters. The Bertz CT molecular complexity index is 2830. The van der Waals surface area contributed by atoms with E-state index in [1.807, 2.05) is 67.3 Å². The topological polar surface area (TPSA) is 316 Å². The maximum absolute atomic E-state index is 15.1. The number of piperidine rings is 1. The van der Waals surface area contributed by atoms with E-state index in [1.54, 1.807) is 24.3 Å². The van der Waals surface area contributed by atoms with E-state index in [0.29, 0.717) is 56.1 Å². The summed E-state index contributed by atoms with van der Waals surface area (Å²) < 4.78 is 11.7. The number of primary amides is 1. The summed E-state index contributed by atoms with van der Waals surface area (Å²) in [6.45, 7) is 18.5. The van der Waals surface area contributed by atoms with Gasteiger partial charge in [0.2, 0.25) is 17.7 Å². The Morgan fingerprint density at radius 2 is 1.46 bits per heavy atom. The minimum atomic E-state index is -1.08. The van der Waals surface area contributed by atoms with Crippen LogP contribution in [0.4, 0.5) is 0 Å². The number of nitrogens with zero attached hydrogens (tertiary/aromatic N) is 4. The van der Waals surface area contributed by atoms with E-state index in [1.165, 1.54) is 36.3 Å². The molecule has 9 atom stereocenters. The molecule has 0 spiro atoms. The second-order valence-electron chi connectivity index (χ2n) is 26.1. The van der Waals surface area contributed by atoms with Gasteiger partial charge in [-0.1, -0.05) is 112 Å². The van der Waals surface area contributed by atoms with Crippen LogP contribution in [0.2, 0.25) is 0 Å². The van der Waals surface area contributed by atoms with Crippen LogP contribution in [0.25, 0.3) is 0 Å². The van der Waals surface area contributed by atoms with Gasteiger partial charge in [-0.2, -0.15) is 0 Å². The van der Waals surface area contributed by atoms with Crippen LogP contribution in [-0.2, 0) is 75.1 Å². The standard InChI is InChI=1S/C68H101N7O15S/c1-12-44(8)52(37-58(79)55-22-17-19-30-73(55)11)67(86)75(40-89-63(83)32-41(2)3)56(43(6)7)38-59(90-46(10)76)66-72-54(39-91-66)65(85)70-49(33-45(9)68(87)88)34-47-24-26-48(27-25-47)35-57(78)53(21-15-16-23-60(69)80)71-64(84)51(42(4)5)36-50(77)20-14-13-18-31-74-61(81)28-29-62(74)82/h24-29,39,41-45,49,51-53,55-56,59H,12-23,30-38,40H2,1-11H3,(H2,69,80)(H,70,85)(H,71,84)(H,87,88)/t44-,45?,49+,51-,52-,53-,55+,56+,59+/m0/s1. The number of carboxylic acid groups (broad SMARTS) is 1. The maximum Gasteiger partial charge on any atom is 0.307 e. The fraction of sp³-hybridized carbons (Fsp3) is 0.662. The predicted molar refractivity (Wildman–Crippen MR) is 343 cm³/mol. The Kier molecular flexibility index (Phi) is 32.0. The van der Waals surface area contributed by atoms with Crippen LogP contribution in [0.1, 0.15) is 211 Å². The van der Waals surface area contributed by atoms with E-state index >= 15 is 4.79 Å². The Hall–Kier alpha value is -7.01. The molecule has 23 heteroatoms. The quantitative estimate of drug-likeness (QED) is 0.0210. The van der Waals surface area contributed by atoms with Crippen molar-refractivity contribution in [3.63, 3.8) is 0 Å². The van der Waals surface area contributed by atoms with Crippen LogP contribution in [-0.4, -0.2) is 147 Å². The Morgan fingerprint density at radius 3 is 2.05 bits per heavy atom. The average molecular weight is 1290 g/mol. The highest BCUT2D eigenvalue weighted by molar-refractivity contribution is 7.09. The van der Waals surface area contributed by atoms with Crippen LogP contribution in [0.3, 0.4) is 0 Å². The number of thiazole rings is 1. The first-order chi connectivity index (χ1) is 43.0. The largest absolute Gasteiger partial charge is 0.481 e. The van der Waals surface area contributed by atoms with Crippen LogP contribution in [0, 0.1) is 41.4 Å². The predicted octanol–water partition coefficient (Wildman–Crippen LogP) is 8.45. The SMILES string of the molecule is CC[C@H](C)[C@H](CC(=O)[C@H]1CCCCN1C)C(=O)N(COC(=O)CC(C)C)[C@H](C[C@@H](OC(C)=O)c1nc(C(=O)N[C@@H](Cc2ccc(CC(=O)[C@H](CCCCC(N)=O)NC(=O)[C@@H](CC(=O)CCCCCN3C(=O)C=CC3=O)C(C)C)cc2)CC(C)C(=O)O)cs1)C(C)C. The van der Waals surface area contributed by atoms with Gasteiger partial charge in [0.25, 0.3) is 17.7 Å². The van der Waals surface area contributed by atoms with Crippen molar-refractivity contribution in [2.75, 3.05) is 26.9 Å². The molecule has 0 saturated carbocycles. The molecule has 0 bridgehead atoms. The second kappa shape index (κ2) is 38.1. The number of hydrogen-bond donors (Lipinski definition) is 4. The molecule has 0 radical (unpaired) electrons. The number of carboxylic acids is 1. The lowest BCUT2D eigenvalue weighted by molar-refractivity contribution is -0.162. The van der Waals surface area contributed by atoms with Crippen molar-refractivity contribution in [2.24, 2.45) is 47.2 Å². The Labute approximate surface area is 541 Å². The number of nitrogens with one attached hydrogen (secondary N) is 2. The second-order valence-corrected chi connectivity index (χ2v) is 27.0. The van der Waals surface area contributed by atoms with Crippen molar-refractivity contribution in [1.82, 2.24) is 30.3 Å². The lowest BCUT2D eigenvalue weighted by Crippen LogP contribution is -2.50. The lowest BCUT2D eigenvalue weighted by atomic mass is 9.82. The van der Waals surface area contributed by atoms with E-state index in [0.717, 1.165) is 35.6 Å². The number of aromatic nitrogens is 1. The highest BCUT2D eigenvalue weighted by atomic mass is 32.1. The molecule has 2 aliphatic heterocycles. The third-order valence-corrected chi connectivity index (χ3v) is 18.3. The van der Waals surface area contributed by atoms with Gasteiger partial charge in [0.05, 0.1) is 18.0 Å². The fourth-order valence-electron chi connectivity index (χ4n) is 11.7. The molecule has 1 fully saturated rings. The van der Waals surface area contributed by atoms with Crippen molar-refractivity contribution < 1.29 is 72.1 Å². The number of ether oxygens (including phenoxy) is 2. The summed E-state index contributed by atoms with van der Waals surface area (Å²) in [5, 5.41) is 17.6. The van der Waals surface area contributed by atoms with Gasteiger partial charge in [-0.15, -0.1) is 11.3 Å². The third-order valence-electron chi connectivity index (χ3n) is 17.4. The molecule has 1 aromatic carbocycles. The zero-order chi connectivity index (χ0) is 67.6. The highest BCUT2D eigenvalue weighted by Gasteiger charge is 2.40. The summed E-state index contributed by atoms with van der Waals surface area (Å²) in [6, 6.07) is 4.31. The summed E-state index contributed by atoms with van der Waals surface area (Å²) in [4.78, 5) is 167. The number of benzene rings is 1. The van der Waals surface area contributed by atoms with Gasteiger partial charge in [-0.3, -0.25) is 67.3 Å². The molecule has 3 heterocycles. The van der Waals surface area contributed by atoms with Gasteiger partial charge < -0.3 is 35.8 Å². The van der Waals surface area contributed by atoms with E-state index in [4.69, 9.17) is 15.2 Å². The summed E-state index contributed by atoms with van der Waals surface area (Å²) in [6.07, 6.45) is 7.75. The number of imide groups is 1. The normalized spacial score (nSPS) is 17.0. The van der Waals surface area contributed by atoms with E-state index in [-0.39, 0.29) is 146 Å². The molecule has 22 nitrogen and oxygen atoms in total. The number of ketones is 3. The molecule has 1 aromatic heterocycles. The smallest absolute Gasteiger partial charge is 0.307 e. The molecule has 1 saturated heterocycles. The summed E-state index contributed by atoms with van der Waals surface area (Å²) in [7, 11) is 1.92. The number of likely N-dealkylation sites (tertiary alicyclic amines) is 1. The number of esters is 2. The van der Waals surface area contributed by atoms with Gasteiger partial charge in [0.15, 0.2) is 24.4 Å². The zero-order valence-corrected chi connectivity index (χ0v) is 56.3. The van der Waals surface area contributed by atoms with Crippen molar-refractivity contribution >= 4 is 82.0 Å². The van der Waals surface area contributed by atoms with Gasteiger partial charge >= 0.3 is 17.9 Å². The van der Waals surface area contributed by atoms with E-state index < -0.39 is 84.3 Å². The van der Waals surface area contributed by atoms with Crippen LogP contribution in [0.5, 0.6) is 0 Å². The molecular weight excluding hydrogens is 1190 g/mol. The van der Waals surface area contributed by atoms with Gasteiger partial charge in [-0.25, -0.2) is 4.98 Å². The molecule has 91 heavy (non-hydrogen) atoms. The van der Waals surface area contributed by atoms with Crippen LogP contribution < -0.4 is 16.4 Å². The third kappa shape index (κ3) is 25.5. The maximum atomic E-state index is 15.1. The summed E-state index contributed by atoms with van der Waals surface area (Å²) >= 11 is 1.06. The van der Waals surface area contributed by atoms with Crippen molar-refractivity contribution in [2.45, 2.75) is 222 Å². The number of amides is 6. The number of hydrogen-bond acceptors (Lipinski definition) is 17. The average Bonchev–Trinajstić information content (AvgIpc) is 2.38. The fourth-order valence-corrected chi connectivity index (χ4v) is 12.5. The number of rotatable bonds is 42. The first-order valence-electron chi connectivity index (χ1n) is 32.6. The molecule has 5 N–H and O–H groups in total. The Balaban J connectivity index is 1.52. The summed E-state index contributed by atoms with van der Waals surface area (Å²) in [5.74, 6) is -8.44. The molecule has 6 amide bonds. The molecule has 0 aliphatic carbocycles. The molecule has 504 valence electrons. The number of aliphatic carboxylic acids is 1. The summed E-state index contributed by atoms with van der Waals surface area (Å²) in [5.41, 5.74) is 6.67. The molecular formula is C68H101N7O15S. The monoisotopic (exact) mass is 1290 g/mol.